The van der Waals surface area contributed by atoms with Crippen LogP contribution in [0.1, 0.15) is 11.7 Å². The quantitative estimate of drug-likeness (QED) is 0.364. The van der Waals surface area contributed by atoms with Crippen LogP contribution in [0.5, 0.6) is 0 Å². The number of fused-ring (bicyclic) bond motifs is 1. The topological polar surface area (TPSA) is 36.7 Å². The number of aromatic amines is 1. The first-order valence-corrected chi connectivity index (χ1v) is 6.57. The Morgan fingerprint density at radius 1 is 1.85 bits per heavy atom. The van der Waals surface area contributed by atoms with E-state index in [1.807, 2.05) is 6.92 Å². The summed E-state index contributed by atoms with van der Waals surface area (Å²) in [5, 5.41) is 1.01. The van der Waals surface area contributed by atoms with Crippen LogP contribution in [0.2, 0.25) is 0 Å². The van der Waals surface area contributed by atoms with Gasteiger partial charge < -0.3 is 0 Å². The van der Waals surface area contributed by atoms with Gasteiger partial charge in [-0.05, 0) is 18.7 Å². The lowest BCUT2D eigenvalue weighted by Crippen LogP contribution is -2.44. The van der Waals surface area contributed by atoms with Gasteiger partial charge >= 0.3 is 10.7 Å². The van der Waals surface area contributed by atoms with Crippen LogP contribution < -0.4 is 10.1 Å². The first-order valence-electron chi connectivity index (χ1n) is 4.06. The Morgan fingerprint density at radius 2 is 2.62 bits per heavy atom. The van der Waals surface area contributed by atoms with E-state index < -0.39 is 0 Å². The smallest absolute Gasteiger partial charge is 0.241 e. The predicted molar refractivity (Wildman–Crippen MR) is 60.6 cm³/mol. The average molecular weight is 309 g/mol. The second kappa shape index (κ2) is 3.61. The first kappa shape index (κ1) is 9.51. The normalized spacial score (nSPS) is 20.3. The van der Waals surface area contributed by atoms with Gasteiger partial charge in [-0.1, -0.05) is 22.6 Å². The highest BCUT2D eigenvalue weighted by Crippen LogP contribution is 2.24. The van der Waals surface area contributed by atoms with E-state index in [9.17, 15) is 4.79 Å². The summed E-state index contributed by atoms with van der Waals surface area (Å²) in [7, 11) is 0. The highest BCUT2D eigenvalue weighted by molar-refractivity contribution is 14.1. The van der Waals surface area contributed by atoms with Crippen molar-refractivity contribution in [3.63, 3.8) is 0 Å². The summed E-state index contributed by atoms with van der Waals surface area (Å²) in [6, 6.07) is 2.20. The molecule has 5 heteroatoms. The van der Waals surface area contributed by atoms with E-state index in [-0.39, 0.29) is 5.56 Å². The minimum Gasteiger partial charge on any atom is -0.241 e. The summed E-state index contributed by atoms with van der Waals surface area (Å²) in [5.74, 6) is 1.07. The van der Waals surface area contributed by atoms with Gasteiger partial charge in [-0.15, -0.1) is 0 Å². The highest BCUT2D eigenvalue weighted by atomic mass is 127. The molecule has 1 aromatic rings. The third kappa shape index (κ3) is 1.63. The molecule has 1 aliphatic rings. The lowest BCUT2D eigenvalue weighted by molar-refractivity contribution is -0.752. The molecule has 3 nitrogen and oxygen atoms in total. The number of hydrogen-bond donors (Lipinski definition) is 1. The van der Waals surface area contributed by atoms with E-state index >= 15 is 0 Å². The number of nitrogens with one attached hydrogen (secondary N) is 1. The Balaban J connectivity index is 2.58. The second-order valence-electron chi connectivity index (χ2n) is 3.07. The maximum atomic E-state index is 11.2. The molecule has 1 aromatic heterocycles. The zero-order valence-electron chi connectivity index (χ0n) is 7.21. The van der Waals surface area contributed by atoms with Crippen molar-refractivity contribution >= 4 is 34.4 Å². The van der Waals surface area contributed by atoms with Crippen LogP contribution in [0.25, 0.3) is 0 Å². The molecule has 1 aliphatic heterocycles. The van der Waals surface area contributed by atoms with Crippen LogP contribution in [0.15, 0.2) is 16.0 Å². The molecule has 0 aromatic carbocycles. The number of thioether (sulfide) groups is 1. The van der Waals surface area contributed by atoms with Gasteiger partial charge in [0.2, 0.25) is 0 Å². The van der Waals surface area contributed by atoms with Gasteiger partial charge in [0, 0.05) is 10.2 Å². The van der Waals surface area contributed by atoms with Gasteiger partial charge in [-0.3, -0.25) is 0 Å². The van der Waals surface area contributed by atoms with Gasteiger partial charge in [-0.25, -0.2) is 14.3 Å². The van der Waals surface area contributed by atoms with Crippen LogP contribution in [0.4, 0.5) is 0 Å². The lowest BCUT2D eigenvalue weighted by Gasteiger charge is -2.06. The van der Waals surface area contributed by atoms with Crippen molar-refractivity contribution in [2.24, 2.45) is 0 Å². The molecule has 1 atom stereocenters. The van der Waals surface area contributed by atoms with E-state index in [2.05, 4.69) is 32.1 Å². The standard InChI is InChI=1S/C8H9IN2OS/c1-5-2-7(12)10-8-11(5)6(3-9)4-13-8/h2,6H,3-4H2,1H3/p+1. The van der Waals surface area contributed by atoms with Gasteiger partial charge in [0.05, 0.1) is 6.07 Å². The summed E-state index contributed by atoms with van der Waals surface area (Å²) in [4.78, 5) is 14.0. The average Bonchev–Trinajstić information content (AvgIpc) is 2.47. The minimum absolute atomic E-state index is 0.00496. The molecule has 0 amide bonds. The van der Waals surface area contributed by atoms with Crippen LogP contribution in [0.3, 0.4) is 0 Å². The lowest BCUT2D eigenvalue weighted by atomic mass is 10.3. The predicted octanol–water partition coefficient (Wildman–Crippen LogP) is 1.05. The van der Waals surface area contributed by atoms with Gasteiger partial charge in [-0.2, -0.15) is 0 Å². The fourth-order valence-corrected chi connectivity index (χ4v) is 3.89. The molecule has 0 aliphatic carbocycles. The number of rotatable bonds is 1. The maximum absolute atomic E-state index is 11.2. The van der Waals surface area contributed by atoms with Crippen LogP contribution in [0, 0.1) is 6.92 Å². The molecule has 70 valence electrons. The molecule has 2 heterocycles. The largest absolute Gasteiger partial charge is 0.336 e. The van der Waals surface area contributed by atoms with Crippen molar-refractivity contribution in [2.75, 3.05) is 10.2 Å². The second-order valence-corrected chi connectivity index (χ2v) is 4.96. The molecular formula is C8H10IN2OS+. The molecule has 0 fully saturated rings. The molecule has 2 rings (SSSR count). The van der Waals surface area contributed by atoms with E-state index in [1.165, 1.54) is 0 Å². The zero-order valence-corrected chi connectivity index (χ0v) is 10.2. The van der Waals surface area contributed by atoms with E-state index in [1.54, 1.807) is 17.8 Å². The third-order valence-corrected chi connectivity index (χ3v) is 4.26. The van der Waals surface area contributed by atoms with Crippen LogP contribution >= 0.6 is 34.4 Å². The van der Waals surface area contributed by atoms with Crippen molar-refractivity contribution in [3.05, 3.63) is 22.1 Å². The Labute approximate surface area is 94.1 Å². The number of halogens is 1. The number of alkyl halides is 1. The molecule has 0 bridgehead atoms. The van der Waals surface area contributed by atoms with Gasteiger partial charge in [0.25, 0.3) is 0 Å². The molecule has 0 radical (unpaired) electrons. The zero-order chi connectivity index (χ0) is 9.42. The molecule has 0 saturated carbocycles. The monoisotopic (exact) mass is 309 g/mol. The minimum atomic E-state index is 0.00496. The van der Waals surface area contributed by atoms with Crippen molar-refractivity contribution in [3.8, 4) is 0 Å². The molecule has 1 N–H and O–H groups in total. The molecule has 0 saturated heterocycles. The Morgan fingerprint density at radius 3 is 3.31 bits per heavy atom. The molecule has 1 unspecified atom stereocenters. The summed E-state index contributed by atoms with van der Waals surface area (Å²) in [5.41, 5.74) is 1.07. The van der Waals surface area contributed by atoms with Gasteiger partial charge in [0.15, 0.2) is 0 Å². The summed E-state index contributed by atoms with van der Waals surface area (Å²) in [6.07, 6.45) is 0. The molecule has 13 heavy (non-hydrogen) atoms. The van der Waals surface area contributed by atoms with Crippen LogP contribution in [-0.4, -0.2) is 15.2 Å². The van der Waals surface area contributed by atoms with Crippen molar-refractivity contribution < 1.29 is 4.57 Å². The summed E-state index contributed by atoms with van der Waals surface area (Å²) >= 11 is 4.12. The SMILES string of the molecule is Cc1cc(=O)[nH]c2[n+]1C(CI)CS2. The Bertz CT molecular complexity index is 390. The maximum Gasteiger partial charge on any atom is 0.336 e. The molecule has 0 spiro atoms. The van der Waals surface area contributed by atoms with Crippen LogP contribution in [-0.2, 0) is 0 Å². The van der Waals surface area contributed by atoms with E-state index in [0.717, 1.165) is 21.0 Å². The fraction of sp³-hybridized carbons (Fsp3) is 0.500. The van der Waals surface area contributed by atoms with Crippen molar-refractivity contribution in [2.45, 2.75) is 18.1 Å². The highest BCUT2D eigenvalue weighted by Gasteiger charge is 2.30. The third-order valence-electron chi connectivity index (χ3n) is 2.12. The number of hydrogen-bond acceptors (Lipinski definition) is 2. The van der Waals surface area contributed by atoms with E-state index in [4.69, 9.17) is 0 Å². The van der Waals surface area contributed by atoms with Crippen molar-refractivity contribution in [1.82, 2.24) is 4.98 Å². The molecular weight excluding hydrogens is 299 g/mol. The number of aromatic nitrogens is 2. The summed E-state index contributed by atoms with van der Waals surface area (Å²) in [6.45, 7) is 1.99. The fourth-order valence-electron chi connectivity index (χ4n) is 1.54. The summed E-state index contributed by atoms with van der Waals surface area (Å²) < 4.78 is 3.31. The van der Waals surface area contributed by atoms with Gasteiger partial charge in [0.1, 0.15) is 11.7 Å². The Kier molecular flexibility index (Phi) is 2.64. The number of aryl methyl sites for hydroxylation is 1. The number of H-pyrrole nitrogens is 1. The Hall–Kier alpha value is -0.0400. The van der Waals surface area contributed by atoms with Crippen molar-refractivity contribution in [1.29, 1.82) is 0 Å². The number of nitrogens with zero attached hydrogens (tertiary/aromatic N) is 1. The van der Waals surface area contributed by atoms with E-state index in [0.29, 0.717) is 6.04 Å². The first-order chi connectivity index (χ1) is 6.22.